The van der Waals surface area contributed by atoms with E-state index in [2.05, 4.69) is 15.6 Å². The first-order valence-electron chi connectivity index (χ1n) is 5.45. The van der Waals surface area contributed by atoms with Crippen molar-refractivity contribution in [1.29, 1.82) is 0 Å². The number of rotatable bonds is 6. The number of urea groups is 1. The minimum Gasteiger partial charge on any atom is -0.396 e. The zero-order valence-electron chi connectivity index (χ0n) is 9.45. The second kappa shape index (κ2) is 7.86. The van der Waals surface area contributed by atoms with Crippen molar-refractivity contribution in [2.24, 2.45) is 0 Å². The van der Waals surface area contributed by atoms with Crippen LogP contribution in [0.15, 0.2) is 18.3 Å². The summed E-state index contributed by atoms with van der Waals surface area (Å²) >= 11 is 5.66. The van der Waals surface area contributed by atoms with Crippen molar-refractivity contribution in [3.05, 3.63) is 29.0 Å². The van der Waals surface area contributed by atoms with E-state index >= 15 is 0 Å². The summed E-state index contributed by atoms with van der Waals surface area (Å²) in [6.45, 7) is 1.09. The van der Waals surface area contributed by atoms with Crippen LogP contribution in [0.3, 0.4) is 0 Å². The number of nitrogens with zero attached hydrogens (tertiary/aromatic N) is 1. The standard InChI is InChI=1S/C11H16ClN3O2/c12-10-3-2-9(8-15-10)4-6-14-11(17)13-5-1-7-16/h2-3,8,16H,1,4-7H2,(H2,13,14,17). The summed E-state index contributed by atoms with van der Waals surface area (Å²) in [6.07, 6.45) is 2.96. The monoisotopic (exact) mass is 257 g/mol. The number of carbonyl (C=O) groups excluding carboxylic acids is 1. The molecule has 0 atom stereocenters. The molecular formula is C11H16ClN3O2. The molecule has 0 saturated heterocycles. The average molecular weight is 258 g/mol. The number of aliphatic hydroxyl groups is 1. The van der Waals surface area contributed by atoms with E-state index < -0.39 is 0 Å². The van der Waals surface area contributed by atoms with Gasteiger partial charge >= 0.3 is 6.03 Å². The number of carbonyl (C=O) groups is 1. The van der Waals surface area contributed by atoms with Crippen LogP contribution in [0.1, 0.15) is 12.0 Å². The Labute approximate surface area is 105 Å². The number of nitrogens with one attached hydrogen (secondary N) is 2. The van der Waals surface area contributed by atoms with Crippen molar-refractivity contribution >= 4 is 17.6 Å². The molecule has 0 bridgehead atoms. The molecule has 5 nitrogen and oxygen atoms in total. The predicted molar refractivity (Wildman–Crippen MR) is 66.1 cm³/mol. The van der Waals surface area contributed by atoms with E-state index in [-0.39, 0.29) is 12.6 Å². The number of aliphatic hydroxyl groups excluding tert-OH is 1. The molecule has 2 amide bonds. The molecule has 3 N–H and O–H groups in total. The minimum atomic E-state index is -0.222. The fourth-order valence-electron chi connectivity index (χ4n) is 1.22. The van der Waals surface area contributed by atoms with Gasteiger partial charge in [-0.25, -0.2) is 9.78 Å². The highest BCUT2D eigenvalue weighted by molar-refractivity contribution is 6.29. The number of pyridine rings is 1. The van der Waals surface area contributed by atoms with Crippen LogP contribution in [-0.2, 0) is 6.42 Å². The Morgan fingerprint density at radius 3 is 2.76 bits per heavy atom. The normalized spacial score (nSPS) is 10.0. The maximum Gasteiger partial charge on any atom is 0.314 e. The fraction of sp³-hybridized carbons (Fsp3) is 0.455. The van der Waals surface area contributed by atoms with Crippen molar-refractivity contribution in [3.63, 3.8) is 0 Å². The van der Waals surface area contributed by atoms with Gasteiger partial charge in [0.2, 0.25) is 0 Å². The number of aromatic nitrogens is 1. The molecule has 17 heavy (non-hydrogen) atoms. The number of amides is 2. The molecule has 0 radical (unpaired) electrons. The average Bonchev–Trinajstić information content (AvgIpc) is 2.32. The second-order valence-electron chi connectivity index (χ2n) is 3.50. The lowest BCUT2D eigenvalue weighted by molar-refractivity contribution is 0.238. The van der Waals surface area contributed by atoms with Gasteiger partial charge in [0.25, 0.3) is 0 Å². The van der Waals surface area contributed by atoms with Crippen molar-refractivity contribution < 1.29 is 9.90 Å². The van der Waals surface area contributed by atoms with E-state index in [9.17, 15) is 4.79 Å². The third-order valence-electron chi connectivity index (χ3n) is 2.11. The molecule has 94 valence electrons. The number of hydrogen-bond donors (Lipinski definition) is 3. The molecule has 0 aliphatic carbocycles. The van der Waals surface area contributed by atoms with Gasteiger partial charge in [0.1, 0.15) is 5.15 Å². The van der Waals surface area contributed by atoms with Crippen LogP contribution in [0.2, 0.25) is 5.15 Å². The van der Waals surface area contributed by atoms with E-state index in [1.807, 2.05) is 6.07 Å². The summed E-state index contributed by atoms with van der Waals surface area (Å²) in [5, 5.41) is 14.3. The molecule has 0 aliphatic rings. The Balaban J connectivity index is 2.14. The molecule has 0 saturated carbocycles. The summed E-state index contributed by atoms with van der Waals surface area (Å²) in [5.74, 6) is 0. The first-order valence-corrected chi connectivity index (χ1v) is 5.83. The van der Waals surface area contributed by atoms with Crippen molar-refractivity contribution in [1.82, 2.24) is 15.6 Å². The maximum absolute atomic E-state index is 11.2. The minimum absolute atomic E-state index is 0.0801. The van der Waals surface area contributed by atoms with E-state index in [0.29, 0.717) is 31.1 Å². The van der Waals surface area contributed by atoms with Crippen molar-refractivity contribution in [2.75, 3.05) is 19.7 Å². The maximum atomic E-state index is 11.2. The Kier molecular flexibility index (Phi) is 6.35. The van der Waals surface area contributed by atoms with Gasteiger partial charge in [0, 0.05) is 25.9 Å². The summed E-state index contributed by atoms with van der Waals surface area (Å²) in [4.78, 5) is 15.2. The van der Waals surface area contributed by atoms with Crippen LogP contribution in [-0.4, -0.2) is 35.8 Å². The van der Waals surface area contributed by atoms with E-state index in [0.717, 1.165) is 5.56 Å². The molecular weight excluding hydrogens is 242 g/mol. The smallest absolute Gasteiger partial charge is 0.314 e. The topological polar surface area (TPSA) is 74.2 Å². The highest BCUT2D eigenvalue weighted by Gasteiger charge is 1.99. The van der Waals surface area contributed by atoms with Crippen LogP contribution in [0.5, 0.6) is 0 Å². The van der Waals surface area contributed by atoms with Gasteiger partial charge in [-0.1, -0.05) is 17.7 Å². The molecule has 1 heterocycles. The van der Waals surface area contributed by atoms with Gasteiger partial charge in [-0.05, 0) is 24.5 Å². The Morgan fingerprint density at radius 2 is 2.12 bits per heavy atom. The van der Waals surface area contributed by atoms with Gasteiger partial charge in [-0.2, -0.15) is 0 Å². The molecule has 0 aliphatic heterocycles. The lowest BCUT2D eigenvalue weighted by atomic mass is 10.2. The van der Waals surface area contributed by atoms with Crippen LogP contribution in [0.4, 0.5) is 4.79 Å². The van der Waals surface area contributed by atoms with Gasteiger partial charge in [-0.15, -0.1) is 0 Å². The van der Waals surface area contributed by atoms with Gasteiger partial charge in [0.15, 0.2) is 0 Å². The first-order chi connectivity index (χ1) is 8.22. The van der Waals surface area contributed by atoms with Gasteiger partial charge < -0.3 is 15.7 Å². The largest absolute Gasteiger partial charge is 0.396 e. The molecule has 1 aromatic heterocycles. The SMILES string of the molecule is O=C(NCCCO)NCCc1ccc(Cl)nc1. The first kappa shape index (κ1) is 13.7. The van der Waals surface area contributed by atoms with Crippen LogP contribution >= 0.6 is 11.6 Å². The molecule has 0 aromatic carbocycles. The summed E-state index contributed by atoms with van der Waals surface area (Å²) in [7, 11) is 0. The van der Waals surface area contributed by atoms with E-state index in [1.165, 1.54) is 0 Å². The lowest BCUT2D eigenvalue weighted by Gasteiger charge is -2.06. The molecule has 0 spiro atoms. The predicted octanol–water partition coefficient (Wildman–Crippen LogP) is 0.959. The zero-order chi connectivity index (χ0) is 12.5. The third kappa shape index (κ3) is 6.09. The highest BCUT2D eigenvalue weighted by Crippen LogP contribution is 2.05. The Morgan fingerprint density at radius 1 is 1.35 bits per heavy atom. The van der Waals surface area contributed by atoms with Crippen LogP contribution in [0, 0.1) is 0 Å². The molecule has 6 heteroatoms. The van der Waals surface area contributed by atoms with Crippen LogP contribution in [0.25, 0.3) is 0 Å². The zero-order valence-corrected chi connectivity index (χ0v) is 10.2. The third-order valence-corrected chi connectivity index (χ3v) is 2.33. The van der Waals surface area contributed by atoms with Gasteiger partial charge in [-0.3, -0.25) is 0 Å². The second-order valence-corrected chi connectivity index (χ2v) is 3.89. The van der Waals surface area contributed by atoms with Crippen molar-refractivity contribution in [2.45, 2.75) is 12.8 Å². The van der Waals surface area contributed by atoms with E-state index in [4.69, 9.17) is 16.7 Å². The van der Waals surface area contributed by atoms with Gasteiger partial charge in [0.05, 0.1) is 0 Å². The quantitative estimate of drug-likeness (QED) is 0.525. The molecule has 1 aromatic rings. The molecule has 0 unspecified atom stereocenters. The Bertz CT molecular complexity index is 343. The number of halogens is 1. The van der Waals surface area contributed by atoms with E-state index in [1.54, 1.807) is 12.3 Å². The highest BCUT2D eigenvalue weighted by atomic mass is 35.5. The molecule has 0 fully saturated rings. The summed E-state index contributed by atoms with van der Waals surface area (Å²) < 4.78 is 0. The van der Waals surface area contributed by atoms with Crippen molar-refractivity contribution in [3.8, 4) is 0 Å². The number of hydrogen-bond acceptors (Lipinski definition) is 3. The lowest BCUT2D eigenvalue weighted by Crippen LogP contribution is -2.37. The van der Waals surface area contributed by atoms with Crippen LogP contribution < -0.4 is 10.6 Å². The Hall–Kier alpha value is -1.33. The molecule has 1 rings (SSSR count). The fourth-order valence-corrected chi connectivity index (χ4v) is 1.33. The summed E-state index contributed by atoms with van der Waals surface area (Å²) in [6, 6.07) is 3.37. The summed E-state index contributed by atoms with van der Waals surface area (Å²) in [5.41, 5.74) is 1.02.